The normalized spacial score (nSPS) is 12.7. The van der Waals surface area contributed by atoms with Gasteiger partial charge in [0, 0.05) is 47.2 Å². The van der Waals surface area contributed by atoms with E-state index in [0.717, 1.165) is 50.1 Å². The maximum absolute atomic E-state index is 7.96. The minimum atomic E-state index is -2.36. The second-order valence-corrected chi connectivity index (χ2v) is 23.1. The van der Waals surface area contributed by atoms with Gasteiger partial charge in [0.25, 0.3) is 0 Å². The fourth-order valence-corrected chi connectivity index (χ4v) is 9.71. The number of nitrogens with zero attached hydrogens (tertiary/aromatic N) is 4. The van der Waals surface area contributed by atoms with Gasteiger partial charge in [0.05, 0.1) is 35.9 Å². The maximum atomic E-state index is 7.96. The molecule has 0 amide bonds. The van der Waals surface area contributed by atoms with Gasteiger partial charge in [-0.3, -0.25) is 4.98 Å². The number of pyridine rings is 2. The minimum Gasteiger partial charge on any atom is -0.500 e. The van der Waals surface area contributed by atoms with Crippen LogP contribution in [0.5, 0.6) is 0 Å². The first-order valence-electron chi connectivity index (χ1n) is 23.4. The van der Waals surface area contributed by atoms with Crippen LogP contribution in [0.2, 0.25) is 19.6 Å². The molecule has 325 valence electrons. The van der Waals surface area contributed by atoms with E-state index in [0.29, 0.717) is 33.2 Å². The van der Waals surface area contributed by atoms with E-state index in [9.17, 15) is 0 Å². The number of rotatable bonds is 7. The van der Waals surface area contributed by atoms with E-state index >= 15 is 0 Å². The van der Waals surface area contributed by atoms with Gasteiger partial charge in [-0.2, -0.15) is 0 Å². The van der Waals surface area contributed by atoms with Crippen LogP contribution in [0, 0.1) is 19.0 Å². The number of aromatic nitrogens is 4. The molecule has 0 fully saturated rings. The van der Waals surface area contributed by atoms with Crippen LogP contribution in [-0.2, 0) is 20.1 Å². The Morgan fingerprint density at radius 2 is 1.38 bits per heavy atom. The Kier molecular flexibility index (Phi) is 10.8. The molecule has 0 saturated heterocycles. The second-order valence-electron chi connectivity index (χ2n) is 18.1. The molecule has 0 aliphatic rings. The fourth-order valence-electron chi connectivity index (χ4n) is 8.67. The average Bonchev–Trinajstić information content (AvgIpc) is 4.02. The van der Waals surface area contributed by atoms with E-state index in [4.69, 9.17) is 17.9 Å². The molecule has 6 aromatic carbocycles. The van der Waals surface area contributed by atoms with Crippen molar-refractivity contribution in [3.05, 3.63) is 175 Å². The first kappa shape index (κ1) is 40.1. The molecule has 0 unspecified atom stereocenters. The van der Waals surface area contributed by atoms with Crippen molar-refractivity contribution >= 4 is 68.3 Å². The number of benzene rings is 6. The van der Waals surface area contributed by atoms with Crippen LogP contribution in [0.15, 0.2) is 155 Å². The summed E-state index contributed by atoms with van der Waals surface area (Å²) in [5.41, 5.74) is 13.4. The van der Waals surface area contributed by atoms with Crippen LogP contribution in [0.1, 0.15) is 60.5 Å². The van der Waals surface area contributed by atoms with E-state index in [1.165, 1.54) is 33.5 Å². The Morgan fingerprint density at radius 3 is 2.08 bits per heavy atom. The number of hydrogen-bond acceptors (Lipinski definition) is 5. The number of furan rings is 2. The number of hydrogen-bond donors (Lipinski definition) is 0. The number of fused-ring (bicyclic) bond motifs is 8. The predicted molar refractivity (Wildman–Crippen MR) is 268 cm³/mol. The van der Waals surface area contributed by atoms with Gasteiger partial charge in [-0.15, -0.1) is 54.1 Å². The molecule has 5 aromatic heterocycles. The summed E-state index contributed by atoms with van der Waals surface area (Å²) in [6.07, 6.45) is 2.02. The number of para-hydroxylation sites is 2. The largest absolute Gasteiger partial charge is 0.500 e. The van der Waals surface area contributed by atoms with Gasteiger partial charge in [-0.05, 0) is 100 Å². The second kappa shape index (κ2) is 17.5. The van der Waals surface area contributed by atoms with Gasteiger partial charge in [0.2, 0.25) is 0 Å². The fraction of sp³-hybridized carbons (Fsp3) is 0.175. The Morgan fingerprint density at radius 1 is 0.662 bits per heavy atom. The summed E-state index contributed by atoms with van der Waals surface area (Å²) in [4.78, 5) is 14.4. The Labute approximate surface area is 399 Å². The average molecular weight is 1050 g/mol. The van der Waals surface area contributed by atoms with Crippen LogP contribution >= 0.6 is 0 Å². The Hall–Kier alpha value is -6.44. The van der Waals surface area contributed by atoms with Crippen molar-refractivity contribution < 1.29 is 33.1 Å². The van der Waals surface area contributed by atoms with Crippen molar-refractivity contribution in [2.24, 2.45) is 0 Å². The van der Waals surface area contributed by atoms with Gasteiger partial charge >= 0.3 is 0 Å². The molecule has 0 aliphatic heterocycles. The van der Waals surface area contributed by atoms with E-state index < -0.39 is 14.9 Å². The Balaban J connectivity index is 0.000000289. The molecule has 0 spiro atoms. The molecule has 0 atom stereocenters. The first-order valence-corrected chi connectivity index (χ1v) is 25.4. The smallest absolute Gasteiger partial charge is 0.154 e. The van der Waals surface area contributed by atoms with Gasteiger partial charge in [0.15, 0.2) is 5.58 Å². The molecule has 11 aromatic rings. The standard InChI is InChI=1S/C43H34N3O2.C14H16NSi.Ir/c1-24(2)32-22-28(27-12-7-6-8-13-27)23-33(25(3)4)40(32)46-35-17-10-9-16-34(35)45-43(46)31-15-11-14-29-30-19-21-36-38(42(30)48-41(29)31)39-37(47-36)20-18-26(5)44-39;1-16(2,3)13-9-10-14(15-11-13)12-7-5-4-6-8-12;/h6-14,16-25H,1-5H3;4-7,9-11H,1-3H3;/q2*-1;/i5D3;;. The summed E-state index contributed by atoms with van der Waals surface area (Å²) in [7, 11) is -1.23. The molecule has 0 N–H and O–H groups in total. The van der Waals surface area contributed by atoms with E-state index in [1.54, 1.807) is 6.07 Å². The van der Waals surface area contributed by atoms with Crippen LogP contribution < -0.4 is 5.19 Å². The molecule has 0 aliphatic carbocycles. The van der Waals surface area contributed by atoms with Crippen LogP contribution in [-0.4, -0.2) is 27.6 Å². The third kappa shape index (κ3) is 8.05. The zero-order chi connectivity index (χ0) is 46.8. The molecule has 11 rings (SSSR count). The van der Waals surface area contributed by atoms with Crippen LogP contribution in [0.3, 0.4) is 0 Å². The number of aryl methyl sites for hydroxylation is 1. The molecule has 5 heterocycles. The molecule has 65 heavy (non-hydrogen) atoms. The molecular formula is C57H50IrN4O2Si-2. The third-order valence-electron chi connectivity index (χ3n) is 12.0. The van der Waals surface area contributed by atoms with Crippen molar-refractivity contribution in [2.75, 3.05) is 0 Å². The van der Waals surface area contributed by atoms with Crippen molar-refractivity contribution in [1.82, 2.24) is 19.5 Å². The van der Waals surface area contributed by atoms with Gasteiger partial charge in [-0.25, -0.2) is 4.98 Å². The van der Waals surface area contributed by atoms with Crippen molar-refractivity contribution in [1.29, 1.82) is 0 Å². The molecule has 0 saturated carbocycles. The summed E-state index contributed by atoms with van der Waals surface area (Å²) in [5, 5.41) is 3.81. The summed E-state index contributed by atoms with van der Waals surface area (Å²) in [6.45, 7) is 13.6. The van der Waals surface area contributed by atoms with Gasteiger partial charge in [-0.1, -0.05) is 113 Å². The first-order chi connectivity index (χ1) is 32.2. The van der Waals surface area contributed by atoms with Crippen molar-refractivity contribution in [3.8, 4) is 39.5 Å². The zero-order valence-corrected chi connectivity index (χ0v) is 40.8. The molecule has 6 nitrogen and oxygen atoms in total. The molecule has 8 heteroatoms. The van der Waals surface area contributed by atoms with E-state index in [-0.39, 0.29) is 37.6 Å². The quantitative estimate of drug-likeness (QED) is 0.117. The zero-order valence-electron chi connectivity index (χ0n) is 40.4. The third-order valence-corrected chi connectivity index (χ3v) is 14.0. The Bertz CT molecular complexity index is 3580. The summed E-state index contributed by atoms with van der Waals surface area (Å²) < 4.78 is 39.2. The predicted octanol–water partition coefficient (Wildman–Crippen LogP) is 15.0. The number of imidazole rings is 1. The summed E-state index contributed by atoms with van der Waals surface area (Å²) in [6, 6.07) is 53.4. The summed E-state index contributed by atoms with van der Waals surface area (Å²) >= 11 is 0. The monoisotopic (exact) mass is 1050 g/mol. The van der Waals surface area contributed by atoms with Gasteiger partial charge < -0.3 is 18.4 Å². The van der Waals surface area contributed by atoms with Gasteiger partial charge in [0.1, 0.15) is 16.7 Å². The van der Waals surface area contributed by atoms with E-state index in [1.807, 2.05) is 66.9 Å². The van der Waals surface area contributed by atoms with Crippen LogP contribution in [0.4, 0.5) is 0 Å². The maximum Gasteiger partial charge on any atom is 0.154 e. The molecular weight excluding hydrogens is 993 g/mol. The summed E-state index contributed by atoms with van der Waals surface area (Å²) in [5.74, 6) is 1.17. The molecule has 0 bridgehead atoms. The van der Waals surface area contributed by atoms with Crippen molar-refractivity contribution in [3.63, 3.8) is 0 Å². The van der Waals surface area contributed by atoms with Crippen LogP contribution in [0.25, 0.3) is 94.5 Å². The van der Waals surface area contributed by atoms with E-state index in [2.05, 4.69) is 141 Å². The topological polar surface area (TPSA) is 69.9 Å². The molecule has 1 radical (unpaired) electrons. The minimum absolute atomic E-state index is 0. The van der Waals surface area contributed by atoms with Crippen molar-refractivity contribution in [2.45, 2.75) is 66.0 Å². The SMILES string of the molecule is C[Si](C)(C)c1ccc(-c2[c-]cccc2)nc1.[2H]C([2H])([2H])c1ccc2oc3ccc4c5cc[c-]c(-c6nc7ccccc7n6-c6c(C(C)C)cc(-c7ccccc7)cc6C(C)C)c5oc4c3c2n1.[Ir].